The van der Waals surface area contributed by atoms with Crippen LogP contribution in [0.1, 0.15) is 31.2 Å². The number of hydrogen-bond acceptors (Lipinski definition) is 3. The van der Waals surface area contributed by atoms with Gasteiger partial charge in [-0.3, -0.25) is 9.69 Å². The summed E-state index contributed by atoms with van der Waals surface area (Å²) in [6.07, 6.45) is 3.02. The highest BCUT2D eigenvalue weighted by Gasteiger charge is 2.41. The standard InChI is InChI=1S/C18H23F3N2O2/c19-13-8-15(20)14(16(21)9-13)10-22-5-1-3-18(11-22)4-2-17(25)23(12-18)6-7-24/h8-9,24H,1-7,10-12H2/t18-/m1/s1. The lowest BCUT2D eigenvalue weighted by molar-refractivity contribution is -0.140. The maximum absolute atomic E-state index is 13.9. The van der Waals surface area contributed by atoms with E-state index in [0.717, 1.165) is 19.3 Å². The molecule has 1 aromatic carbocycles. The van der Waals surface area contributed by atoms with Gasteiger partial charge in [-0.2, -0.15) is 0 Å². The van der Waals surface area contributed by atoms with E-state index in [2.05, 4.69) is 0 Å². The predicted octanol–water partition coefficient (Wildman–Crippen LogP) is 2.30. The zero-order valence-corrected chi connectivity index (χ0v) is 14.1. The summed E-state index contributed by atoms with van der Waals surface area (Å²) in [6.45, 7) is 2.26. The van der Waals surface area contributed by atoms with Crippen molar-refractivity contribution in [2.24, 2.45) is 5.41 Å². The molecule has 2 saturated heterocycles. The largest absolute Gasteiger partial charge is 0.395 e. The third kappa shape index (κ3) is 3.98. The number of benzene rings is 1. The van der Waals surface area contributed by atoms with Crippen LogP contribution in [0, 0.1) is 22.9 Å². The summed E-state index contributed by atoms with van der Waals surface area (Å²) >= 11 is 0. The molecule has 0 aromatic heterocycles. The van der Waals surface area contributed by atoms with Crippen molar-refractivity contribution in [3.63, 3.8) is 0 Å². The van der Waals surface area contributed by atoms with Gasteiger partial charge >= 0.3 is 0 Å². The highest BCUT2D eigenvalue weighted by Crippen LogP contribution is 2.39. The van der Waals surface area contributed by atoms with E-state index in [1.165, 1.54) is 0 Å². The molecule has 0 aliphatic carbocycles. The number of carbonyl (C=O) groups is 1. The molecule has 0 saturated carbocycles. The molecule has 2 aliphatic heterocycles. The first-order chi connectivity index (χ1) is 11.9. The van der Waals surface area contributed by atoms with Gasteiger partial charge in [0.25, 0.3) is 0 Å². The maximum Gasteiger partial charge on any atom is 0.222 e. The summed E-state index contributed by atoms with van der Waals surface area (Å²) in [5, 5.41) is 9.14. The van der Waals surface area contributed by atoms with Gasteiger partial charge in [-0.05, 0) is 25.8 Å². The first-order valence-corrected chi connectivity index (χ1v) is 8.67. The second-order valence-corrected chi connectivity index (χ2v) is 7.20. The summed E-state index contributed by atoms with van der Waals surface area (Å²) in [7, 11) is 0. The van der Waals surface area contributed by atoms with Crippen LogP contribution in [0.4, 0.5) is 13.2 Å². The molecule has 7 heteroatoms. The molecular weight excluding hydrogens is 333 g/mol. The van der Waals surface area contributed by atoms with Crippen LogP contribution in [0.15, 0.2) is 12.1 Å². The Morgan fingerprint density at radius 2 is 1.84 bits per heavy atom. The zero-order valence-electron chi connectivity index (χ0n) is 14.1. The van der Waals surface area contributed by atoms with Crippen LogP contribution >= 0.6 is 0 Å². The van der Waals surface area contributed by atoms with Gasteiger partial charge in [0.05, 0.1) is 6.61 Å². The fourth-order valence-electron chi connectivity index (χ4n) is 4.15. The van der Waals surface area contributed by atoms with Gasteiger partial charge < -0.3 is 10.0 Å². The minimum atomic E-state index is -0.917. The van der Waals surface area contributed by atoms with E-state index in [9.17, 15) is 18.0 Å². The molecule has 0 bridgehead atoms. The number of amides is 1. The van der Waals surface area contributed by atoms with Crippen LogP contribution in [-0.2, 0) is 11.3 Å². The summed E-state index contributed by atoms with van der Waals surface area (Å²) < 4.78 is 40.9. The molecule has 0 radical (unpaired) electrons. The van der Waals surface area contributed by atoms with E-state index in [4.69, 9.17) is 5.11 Å². The van der Waals surface area contributed by atoms with E-state index in [1.54, 1.807) is 4.90 Å². The fourth-order valence-corrected chi connectivity index (χ4v) is 4.15. The number of aliphatic hydroxyl groups excluding tert-OH is 1. The molecule has 1 N–H and O–H groups in total. The quantitative estimate of drug-likeness (QED) is 0.900. The second-order valence-electron chi connectivity index (χ2n) is 7.20. The smallest absolute Gasteiger partial charge is 0.222 e. The molecule has 1 aromatic rings. The van der Waals surface area contributed by atoms with Crippen LogP contribution in [0.2, 0.25) is 0 Å². The van der Waals surface area contributed by atoms with Gasteiger partial charge in [-0.15, -0.1) is 0 Å². The average Bonchev–Trinajstić information content (AvgIpc) is 2.55. The van der Waals surface area contributed by atoms with Crippen LogP contribution < -0.4 is 0 Å². The number of aliphatic hydroxyl groups is 1. The van der Waals surface area contributed by atoms with Crippen molar-refractivity contribution in [1.29, 1.82) is 0 Å². The van der Waals surface area contributed by atoms with Gasteiger partial charge in [0.1, 0.15) is 17.5 Å². The Hall–Kier alpha value is -1.60. The number of rotatable bonds is 4. The number of carbonyl (C=O) groups excluding carboxylic acids is 1. The van der Waals surface area contributed by atoms with Crippen molar-refractivity contribution in [2.75, 3.05) is 32.8 Å². The molecule has 2 fully saturated rings. The van der Waals surface area contributed by atoms with Crippen LogP contribution in [-0.4, -0.2) is 53.6 Å². The van der Waals surface area contributed by atoms with Gasteiger partial charge in [0.15, 0.2) is 0 Å². The van der Waals surface area contributed by atoms with Crippen molar-refractivity contribution in [3.8, 4) is 0 Å². The lowest BCUT2D eigenvalue weighted by Gasteiger charge is -2.48. The number of hydrogen-bond donors (Lipinski definition) is 1. The number of likely N-dealkylation sites (tertiary alicyclic amines) is 2. The Morgan fingerprint density at radius 1 is 1.12 bits per heavy atom. The molecule has 2 heterocycles. The predicted molar refractivity (Wildman–Crippen MR) is 86.2 cm³/mol. The van der Waals surface area contributed by atoms with Crippen LogP contribution in [0.3, 0.4) is 0 Å². The highest BCUT2D eigenvalue weighted by molar-refractivity contribution is 5.77. The molecule has 0 unspecified atom stereocenters. The van der Waals surface area contributed by atoms with E-state index in [0.29, 0.717) is 44.7 Å². The molecule has 1 amide bonds. The Balaban J connectivity index is 1.72. The molecule has 4 nitrogen and oxygen atoms in total. The molecule has 3 rings (SSSR count). The van der Waals surface area contributed by atoms with Crippen molar-refractivity contribution in [1.82, 2.24) is 9.80 Å². The Morgan fingerprint density at radius 3 is 2.52 bits per heavy atom. The van der Waals surface area contributed by atoms with Crippen molar-refractivity contribution in [3.05, 3.63) is 35.1 Å². The number of piperidine rings is 2. The normalized spacial score (nSPS) is 25.0. The maximum atomic E-state index is 13.9. The van der Waals surface area contributed by atoms with Gasteiger partial charge in [-0.25, -0.2) is 13.2 Å². The first-order valence-electron chi connectivity index (χ1n) is 8.67. The lowest BCUT2D eigenvalue weighted by atomic mass is 9.73. The molecular formula is C18H23F3N2O2. The lowest BCUT2D eigenvalue weighted by Crippen LogP contribution is -2.54. The second kappa shape index (κ2) is 7.33. The fraction of sp³-hybridized carbons (Fsp3) is 0.611. The summed E-state index contributed by atoms with van der Waals surface area (Å²) in [6, 6.07) is 1.42. The minimum absolute atomic E-state index is 0.0485. The number of nitrogens with zero attached hydrogens (tertiary/aromatic N) is 2. The monoisotopic (exact) mass is 356 g/mol. The van der Waals surface area contributed by atoms with Crippen molar-refractivity contribution >= 4 is 5.91 Å². The van der Waals surface area contributed by atoms with Crippen LogP contribution in [0.5, 0.6) is 0 Å². The summed E-state index contributed by atoms with van der Waals surface area (Å²) in [5.74, 6) is -2.59. The Kier molecular flexibility index (Phi) is 5.34. The van der Waals surface area contributed by atoms with E-state index in [-0.39, 0.29) is 30.0 Å². The van der Waals surface area contributed by atoms with Crippen molar-refractivity contribution in [2.45, 2.75) is 32.2 Å². The molecule has 138 valence electrons. The molecule has 25 heavy (non-hydrogen) atoms. The SMILES string of the molecule is O=C1CC[C@@]2(CCCN(Cc3c(F)cc(F)cc3F)C2)CN1CCO. The Bertz CT molecular complexity index is 632. The first kappa shape index (κ1) is 18.2. The highest BCUT2D eigenvalue weighted by atomic mass is 19.1. The van der Waals surface area contributed by atoms with Crippen molar-refractivity contribution < 1.29 is 23.1 Å². The zero-order chi connectivity index (χ0) is 18.0. The van der Waals surface area contributed by atoms with E-state index in [1.807, 2.05) is 4.90 Å². The van der Waals surface area contributed by atoms with E-state index < -0.39 is 17.5 Å². The topological polar surface area (TPSA) is 43.8 Å². The van der Waals surface area contributed by atoms with Crippen LogP contribution in [0.25, 0.3) is 0 Å². The van der Waals surface area contributed by atoms with Gasteiger partial charge in [-0.1, -0.05) is 0 Å². The van der Waals surface area contributed by atoms with Gasteiger partial charge in [0, 0.05) is 55.7 Å². The average molecular weight is 356 g/mol. The van der Waals surface area contributed by atoms with Gasteiger partial charge in [0.2, 0.25) is 5.91 Å². The van der Waals surface area contributed by atoms with E-state index >= 15 is 0 Å². The minimum Gasteiger partial charge on any atom is -0.395 e. The third-order valence-electron chi connectivity index (χ3n) is 5.35. The molecule has 1 atom stereocenters. The third-order valence-corrected chi connectivity index (χ3v) is 5.35. The molecule has 1 spiro atoms. The summed E-state index contributed by atoms with van der Waals surface area (Å²) in [4.78, 5) is 15.6. The molecule has 2 aliphatic rings. The number of halogens is 3. The summed E-state index contributed by atoms with van der Waals surface area (Å²) in [5.41, 5.74) is -0.216. The Labute approximate surface area is 145 Å². The number of β-amino-alcohol motifs (C(OH)–C–C–N with tert-alkyl or cyclic N) is 1.